The summed E-state index contributed by atoms with van der Waals surface area (Å²) in [4.78, 5) is 11.5. The third-order valence-corrected chi connectivity index (χ3v) is 3.48. The minimum Gasteiger partial charge on any atom is -0.349 e. The summed E-state index contributed by atoms with van der Waals surface area (Å²) >= 11 is 0. The zero-order valence-corrected chi connectivity index (χ0v) is 9.86. The van der Waals surface area contributed by atoms with Crippen LogP contribution in [-0.4, -0.2) is 5.91 Å². The van der Waals surface area contributed by atoms with Gasteiger partial charge >= 0.3 is 0 Å². The second-order valence-corrected chi connectivity index (χ2v) is 4.54. The summed E-state index contributed by atoms with van der Waals surface area (Å²) in [5.41, 5.74) is 2.61. The molecule has 3 rings (SSSR count). The molecule has 2 aromatic carbocycles. The Morgan fingerprint density at radius 3 is 2.82 bits per heavy atom. The van der Waals surface area contributed by atoms with Crippen molar-refractivity contribution in [1.29, 1.82) is 0 Å². The van der Waals surface area contributed by atoms with E-state index in [1.54, 1.807) is 0 Å². The Hall–Kier alpha value is -1.83. The van der Waals surface area contributed by atoms with Gasteiger partial charge < -0.3 is 5.32 Å². The molecule has 1 N–H and O–H groups in total. The molecule has 0 aliphatic heterocycles. The average molecular weight is 225 g/mol. The molecule has 0 saturated heterocycles. The maximum atomic E-state index is 11.5. The van der Waals surface area contributed by atoms with Gasteiger partial charge in [-0.1, -0.05) is 43.3 Å². The second kappa shape index (κ2) is 3.88. The standard InChI is InChI=1S/C15H15NO/c1-2-14(17)16-13-9-11-7-3-5-10-6-4-8-12(13)15(10)11/h3-8,13H,2,9H2,1H3,(H,16,17). The van der Waals surface area contributed by atoms with Crippen LogP contribution < -0.4 is 5.32 Å². The fourth-order valence-corrected chi connectivity index (χ4v) is 2.67. The number of hydrogen-bond acceptors (Lipinski definition) is 1. The molecule has 0 heterocycles. The van der Waals surface area contributed by atoms with Crippen LogP contribution in [0.15, 0.2) is 36.4 Å². The molecule has 0 spiro atoms. The molecule has 0 radical (unpaired) electrons. The van der Waals surface area contributed by atoms with Gasteiger partial charge in [-0.05, 0) is 28.3 Å². The van der Waals surface area contributed by atoms with Crippen LogP contribution in [0.25, 0.3) is 10.8 Å². The lowest BCUT2D eigenvalue weighted by Crippen LogP contribution is -2.27. The van der Waals surface area contributed by atoms with E-state index in [1.165, 1.54) is 21.9 Å². The summed E-state index contributed by atoms with van der Waals surface area (Å²) < 4.78 is 0. The van der Waals surface area contributed by atoms with Gasteiger partial charge in [0.25, 0.3) is 0 Å². The number of carbonyl (C=O) groups is 1. The summed E-state index contributed by atoms with van der Waals surface area (Å²) in [6.07, 6.45) is 1.46. The van der Waals surface area contributed by atoms with Crippen molar-refractivity contribution in [2.75, 3.05) is 0 Å². The molecule has 86 valence electrons. The van der Waals surface area contributed by atoms with E-state index < -0.39 is 0 Å². The normalized spacial score (nSPS) is 17.4. The lowest BCUT2D eigenvalue weighted by Gasteiger charge is -2.13. The molecular weight excluding hydrogens is 210 g/mol. The molecule has 1 amide bonds. The molecule has 1 atom stereocenters. The number of hydrogen-bond donors (Lipinski definition) is 1. The summed E-state index contributed by atoms with van der Waals surface area (Å²) in [6.45, 7) is 1.89. The number of amides is 1. The van der Waals surface area contributed by atoms with Gasteiger partial charge in [0.15, 0.2) is 0 Å². The molecule has 0 bridgehead atoms. The van der Waals surface area contributed by atoms with E-state index >= 15 is 0 Å². The van der Waals surface area contributed by atoms with Gasteiger partial charge in [-0.3, -0.25) is 4.79 Å². The Labute approximate surface area is 101 Å². The number of rotatable bonds is 2. The van der Waals surface area contributed by atoms with Gasteiger partial charge in [-0.2, -0.15) is 0 Å². The summed E-state index contributed by atoms with van der Waals surface area (Å²) in [6, 6.07) is 12.9. The molecule has 0 saturated carbocycles. The Morgan fingerprint density at radius 1 is 1.29 bits per heavy atom. The molecule has 2 heteroatoms. The van der Waals surface area contributed by atoms with Gasteiger partial charge in [0.05, 0.1) is 6.04 Å². The zero-order valence-electron chi connectivity index (χ0n) is 9.86. The van der Waals surface area contributed by atoms with E-state index in [4.69, 9.17) is 0 Å². The smallest absolute Gasteiger partial charge is 0.220 e. The van der Waals surface area contributed by atoms with Crippen molar-refractivity contribution in [1.82, 2.24) is 5.32 Å². The minimum atomic E-state index is 0.125. The van der Waals surface area contributed by atoms with E-state index in [2.05, 4.69) is 41.7 Å². The largest absolute Gasteiger partial charge is 0.349 e. The number of carbonyl (C=O) groups excluding carboxylic acids is 1. The highest BCUT2D eigenvalue weighted by Crippen LogP contribution is 2.36. The van der Waals surface area contributed by atoms with Crippen molar-refractivity contribution in [3.63, 3.8) is 0 Å². The quantitative estimate of drug-likeness (QED) is 0.836. The Kier molecular flexibility index (Phi) is 2.36. The van der Waals surface area contributed by atoms with E-state index in [0.29, 0.717) is 6.42 Å². The first-order chi connectivity index (χ1) is 8.29. The third kappa shape index (κ3) is 1.60. The Morgan fingerprint density at radius 2 is 2.06 bits per heavy atom. The molecule has 1 unspecified atom stereocenters. The van der Waals surface area contributed by atoms with Crippen molar-refractivity contribution in [3.05, 3.63) is 47.5 Å². The van der Waals surface area contributed by atoms with E-state index in [1.807, 2.05) is 6.92 Å². The van der Waals surface area contributed by atoms with E-state index in [0.717, 1.165) is 6.42 Å². The van der Waals surface area contributed by atoms with Crippen molar-refractivity contribution in [3.8, 4) is 0 Å². The van der Waals surface area contributed by atoms with E-state index in [9.17, 15) is 4.79 Å². The summed E-state index contributed by atoms with van der Waals surface area (Å²) in [5, 5.41) is 5.70. The maximum Gasteiger partial charge on any atom is 0.220 e. The van der Waals surface area contributed by atoms with E-state index in [-0.39, 0.29) is 11.9 Å². The van der Waals surface area contributed by atoms with Gasteiger partial charge in [0, 0.05) is 6.42 Å². The SMILES string of the molecule is CCC(=O)NC1Cc2cccc3cccc1c23. The van der Waals surface area contributed by atoms with Crippen LogP contribution in [0.4, 0.5) is 0 Å². The van der Waals surface area contributed by atoms with Crippen LogP contribution in [-0.2, 0) is 11.2 Å². The molecule has 1 aliphatic carbocycles. The molecule has 2 nitrogen and oxygen atoms in total. The molecule has 0 aromatic heterocycles. The first kappa shape index (κ1) is 10.3. The highest BCUT2D eigenvalue weighted by Gasteiger charge is 2.24. The highest BCUT2D eigenvalue weighted by atomic mass is 16.1. The van der Waals surface area contributed by atoms with Gasteiger partial charge in [0.2, 0.25) is 5.91 Å². The van der Waals surface area contributed by atoms with Crippen LogP contribution in [0, 0.1) is 0 Å². The first-order valence-electron chi connectivity index (χ1n) is 6.09. The lowest BCUT2D eigenvalue weighted by atomic mass is 10.0. The maximum absolute atomic E-state index is 11.5. The van der Waals surface area contributed by atoms with Crippen LogP contribution in [0.5, 0.6) is 0 Å². The molecule has 1 aliphatic rings. The molecular formula is C15H15NO. The average Bonchev–Trinajstić information content (AvgIpc) is 2.70. The Bertz CT molecular complexity index is 583. The fraction of sp³-hybridized carbons (Fsp3) is 0.267. The lowest BCUT2D eigenvalue weighted by molar-refractivity contribution is -0.121. The molecule has 0 fully saturated rings. The predicted molar refractivity (Wildman–Crippen MR) is 68.8 cm³/mol. The topological polar surface area (TPSA) is 29.1 Å². The third-order valence-electron chi connectivity index (χ3n) is 3.48. The fourth-order valence-electron chi connectivity index (χ4n) is 2.67. The van der Waals surface area contributed by atoms with Crippen molar-refractivity contribution < 1.29 is 4.79 Å². The summed E-state index contributed by atoms with van der Waals surface area (Å²) in [7, 11) is 0. The minimum absolute atomic E-state index is 0.125. The number of nitrogens with one attached hydrogen (secondary N) is 1. The van der Waals surface area contributed by atoms with Gasteiger partial charge in [-0.15, -0.1) is 0 Å². The number of benzene rings is 2. The molecule has 2 aromatic rings. The predicted octanol–water partition coefficient (Wildman–Crippen LogP) is 2.96. The van der Waals surface area contributed by atoms with Crippen LogP contribution in [0.3, 0.4) is 0 Å². The van der Waals surface area contributed by atoms with Crippen molar-refractivity contribution in [2.45, 2.75) is 25.8 Å². The van der Waals surface area contributed by atoms with Crippen LogP contribution in [0.2, 0.25) is 0 Å². The van der Waals surface area contributed by atoms with Gasteiger partial charge in [-0.25, -0.2) is 0 Å². The summed E-state index contributed by atoms with van der Waals surface area (Å²) in [5.74, 6) is 0.125. The van der Waals surface area contributed by atoms with Gasteiger partial charge in [0.1, 0.15) is 0 Å². The first-order valence-corrected chi connectivity index (χ1v) is 6.09. The Balaban J connectivity index is 2.07. The molecule has 17 heavy (non-hydrogen) atoms. The second-order valence-electron chi connectivity index (χ2n) is 4.54. The zero-order chi connectivity index (χ0) is 11.8. The van der Waals surface area contributed by atoms with Crippen LogP contribution >= 0.6 is 0 Å². The monoisotopic (exact) mass is 225 g/mol. The van der Waals surface area contributed by atoms with Crippen molar-refractivity contribution >= 4 is 16.7 Å². The van der Waals surface area contributed by atoms with Crippen molar-refractivity contribution in [2.24, 2.45) is 0 Å². The highest BCUT2D eigenvalue weighted by molar-refractivity contribution is 5.92. The van der Waals surface area contributed by atoms with Crippen LogP contribution in [0.1, 0.15) is 30.5 Å².